The van der Waals surface area contributed by atoms with Crippen molar-refractivity contribution < 1.29 is 9.72 Å². The predicted molar refractivity (Wildman–Crippen MR) is 94.1 cm³/mol. The van der Waals surface area contributed by atoms with Crippen LogP contribution >= 0.6 is 15.9 Å². The molecule has 0 aliphatic rings. The summed E-state index contributed by atoms with van der Waals surface area (Å²) >= 11 is 3.39. The zero-order valence-electron chi connectivity index (χ0n) is 12.6. The van der Waals surface area contributed by atoms with E-state index in [0.29, 0.717) is 5.56 Å². The number of nitro benzene ring substituents is 1. The fraction of sp³-hybridized carbons (Fsp3) is 0.0588. The van der Waals surface area contributed by atoms with Crippen LogP contribution in [0.15, 0.2) is 53.3 Å². The Hall–Kier alpha value is -2.80. The second kappa shape index (κ2) is 6.37. The molecule has 2 heterocycles. The normalized spacial score (nSPS) is 11.2. The summed E-state index contributed by atoms with van der Waals surface area (Å²) in [4.78, 5) is 27.0. The average molecular weight is 386 g/mol. The molecule has 1 aromatic carbocycles. The van der Waals surface area contributed by atoms with E-state index in [-0.39, 0.29) is 17.0 Å². The maximum Gasteiger partial charge on any atom is 0.273 e. The van der Waals surface area contributed by atoms with E-state index in [0.717, 1.165) is 15.8 Å². The third kappa shape index (κ3) is 3.11. The first-order chi connectivity index (χ1) is 11.5. The topological polar surface area (TPSA) is 77.5 Å². The van der Waals surface area contributed by atoms with Crippen molar-refractivity contribution in [2.75, 3.05) is 0 Å². The molecule has 0 aliphatic carbocycles. The number of benzene rings is 1. The molecule has 0 spiro atoms. The van der Waals surface area contributed by atoms with Gasteiger partial charge in [0.05, 0.1) is 16.8 Å². The Bertz CT molecular complexity index is 992. The van der Waals surface area contributed by atoms with Crippen molar-refractivity contribution in [3.63, 3.8) is 0 Å². The number of nitro groups is 1. The van der Waals surface area contributed by atoms with Crippen LogP contribution in [0.25, 0.3) is 11.7 Å². The molecule has 0 unspecified atom stereocenters. The van der Waals surface area contributed by atoms with Crippen LogP contribution in [0.4, 0.5) is 5.69 Å². The van der Waals surface area contributed by atoms with E-state index >= 15 is 0 Å². The maximum atomic E-state index is 12.3. The van der Waals surface area contributed by atoms with E-state index in [1.54, 1.807) is 31.3 Å². The minimum absolute atomic E-state index is 0.0621. The Balaban J connectivity index is 1.91. The van der Waals surface area contributed by atoms with Gasteiger partial charge in [-0.05, 0) is 47.1 Å². The molecule has 0 aliphatic heterocycles. The summed E-state index contributed by atoms with van der Waals surface area (Å²) in [6.07, 6.45) is 6.53. The van der Waals surface area contributed by atoms with E-state index in [4.69, 9.17) is 0 Å². The number of pyridine rings is 1. The SMILES string of the molecule is Cc1ccc(C(=O)C=Cc2cnc3ccc(Br)cn23)cc1[N+](=O)[O-]. The number of aryl methyl sites for hydroxylation is 1. The lowest BCUT2D eigenvalue weighted by molar-refractivity contribution is -0.385. The summed E-state index contributed by atoms with van der Waals surface area (Å²) in [5, 5.41) is 11.0. The standard InChI is InChI=1S/C17H12BrN3O3/c1-11-2-3-12(8-15(11)21(23)24)16(22)6-5-14-9-19-17-7-4-13(18)10-20(14)17/h2-10H,1H3. The van der Waals surface area contributed by atoms with Gasteiger partial charge in [-0.25, -0.2) is 4.98 Å². The molecule has 6 nitrogen and oxygen atoms in total. The molecule has 0 bridgehead atoms. The molecule has 0 N–H and O–H groups in total. The molecule has 0 radical (unpaired) electrons. The maximum absolute atomic E-state index is 12.3. The van der Waals surface area contributed by atoms with Gasteiger partial charge in [0.2, 0.25) is 0 Å². The number of rotatable bonds is 4. The van der Waals surface area contributed by atoms with Crippen LogP contribution in [0, 0.1) is 17.0 Å². The zero-order chi connectivity index (χ0) is 17.3. The summed E-state index contributed by atoms with van der Waals surface area (Å²) in [6, 6.07) is 8.19. The van der Waals surface area contributed by atoms with Gasteiger partial charge in [-0.3, -0.25) is 19.3 Å². The monoisotopic (exact) mass is 385 g/mol. The summed E-state index contributed by atoms with van der Waals surface area (Å²) < 4.78 is 2.73. The Morgan fingerprint density at radius 2 is 2.12 bits per heavy atom. The minimum atomic E-state index is -0.488. The van der Waals surface area contributed by atoms with Crippen molar-refractivity contribution in [3.05, 3.63) is 80.2 Å². The molecule has 24 heavy (non-hydrogen) atoms. The number of fused-ring (bicyclic) bond motifs is 1. The molecule has 0 saturated carbocycles. The van der Waals surface area contributed by atoms with Crippen LogP contribution in [0.3, 0.4) is 0 Å². The molecule has 3 aromatic rings. The zero-order valence-corrected chi connectivity index (χ0v) is 14.2. The third-order valence-electron chi connectivity index (χ3n) is 3.59. The number of nitrogens with zero attached hydrogens (tertiary/aromatic N) is 3. The number of carbonyl (C=O) groups excluding carboxylic acids is 1. The molecule has 3 rings (SSSR count). The number of allylic oxidation sites excluding steroid dienone is 1. The van der Waals surface area contributed by atoms with Gasteiger partial charge in [-0.2, -0.15) is 0 Å². The van der Waals surface area contributed by atoms with E-state index in [9.17, 15) is 14.9 Å². The van der Waals surface area contributed by atoms with E-state index in [1.165, 1.54) is 12.1 Å². The summed E-state index contributed by atoms with van der Waals surface area (Å²) in [6.45, 7) is 1.64. The smallest absolute Gasteiger partial charge is 0.273 e. The number of carbonyl (C=O) groups is 1. The van der Waals surface area contributed by atoms with Crippen molar-refractivity contribution >= 4 is 39.1 Å². The minimum Gasteiger partial charge on any atom is -0.299 e. The largest absolute Gasteiger partial charge is 0.299 e. The molecule has 0 saturated heterocycles. The van der Waals surface area contributed by atoms with E-state index in [1.807, 2.05) is 22.7 Å². The molecule has 7 heteroatoms. The van der Waals surface area contributed by atoms with Crippen molar-refractivity contribution in [2.45, 2.75) is 6.92 Å². The van der Waals surface area contributed by atoms with Gasteiger partial charge in [0.25, 0.3) is 5.69 Å². The van der Waals surface area contributed by atoms with Crippen LogP contribution in [0.5, 0.6) is 0 Å². The molecule has 0 fully saturated rings. The average Bonchev–Trinajstić information content (AvgIpc) is 2.95. The summed E-state index contributed by atoms with van der Waals surface area (Å²) in [5.41, 5.74) is 2.23. The number of aromatic nitrogens is 2. The third-order valence-corrected chi connectivity index (χ3v) is 4.06. The highest BCUT2D eigenvalue weighted by Crippen LogP contribution is 2.20. The first-order valence-corrected chi connectivity index (χ1v) is 7.85. The second-order valence-corrected chi connectivity index (χ2v) is 6.13. The predicted octanol–water partition coefficient (Wildman–Crippen LogP) is 4.21. The first-order valence-electron chi connectivity index (χ1n) is 7.06. The van der Waals surface area contributed by atoms with Gasteiger partial charge in [0.1, 0.15) is 5.65 Å². The fourth-order valence-corrected chi connectivity index (χ4v) is 2.65. The second-order valence-electron chi connectivity index (χ2n) is 5.21. The van der Waals surface area contributed by atoms with Crippen molar-refractivity contribution in [3.8, 4) is 0 Å². The quantitative estimate of drug-likeness (QED) is 0.291. The van der Waals surface area contributed by atoms with Gasteiger partial charge in [0, 0.05) is 27.9 Å². The number of imidazole rings is 1. The highest BCUT2D eigenvalue weighted by Gasteiger charge is 2.13. The molecule has 2 aromatic heterocycles. The van der Waals surface area contributed by atoms with Crippen LogP contribution in [0.2, 0.25) is 0 Å². The lowest BCUT2D eigenvalue weighted by atomic mass is 10.1. The van der Waals surface area contributed by atoms with Gasteiger partial charge < -0.3 is 0 Å². The molecular formula is C17H12BrN3O3. The molecular weight excluding hydrogens is 374 g/mol. The fourth-order valence-electron chi connectivity index (χ4n) is 2.31. The van der Waals surface area contributed by atoms with Crippen LogP contribution < -0.4 is 0 Å². The van der Waals surface area contributed by atoms with Crippen LogP contribution in [0.1, 0.15) is 21.6 Å². The molecule has 0 amide bonds. The Kier molecular flexibility index (Phi) is 4.26. The summed E-state index contributed by atoms with van der Waals surface area (Å²) in [5.74, 6) is -0.303. The van der Waals surface area contributed by atoms with Gasteiger partial charge in [-0.15, -0.1) is 0 Å². The Morgan fingerprint density at radius 3 is 2.88 bits per heavy atom. The Morgan fingerprint density at radius 1 is 1.33 bits per heavy atom. The number of halogens is 1. The van der Waals surface area contributed by atoms with E-state index < -0.39 is 4.92 Å². The lowest BCUT2D eigenvalue weighted by Gasteiger charge is -2.00. The number of hydrogen-bond acceptors (Lipinski definition) is 4. The Labute approximate surface area is 145 Å². The summed E-state index contributed by atoms with van der Waals surface area (Å²) in [7, 11) is 0. The highest BCUT2D eigenvalue weighted by atomic mass is 79.9. The van der Waals surface area contributed by atoms with Gasteiger partial charge in [-0.1, -0.05) is 12.1 Å². The molecule has 0 atom stereocenters. The van der Waals surface area contributed by atoms with Gasteiger partial charge >= 0.3 is 0 Å². The lowest BCUT2D eigenvalue weighted by Crippen LogP contribution is -1.98. The number of ketones is 1. The van der Waals surface area contributed by atoms with Crippen molar-refractivity contribution in [1.29, 1.82) is 0 Å². The highest BCUT2D eigenvalue weighted by molar-refractivity contribution is 9.10. The van der Waals surface area contributed by atoms with Crippen molar-refractivity contribution in [2.24, 2.45) is 0 Å². The van der Waals surface area contributed by atoms with Crippen LogP contribution in [-0.4, -0.2) is 20.1 Å². The first kappa shape index (κ1) is 16.1. The van der Waals surface area contributed by atoms with Crippen LogP contribution in [-0.2, 0) is 0 Å². The molecule has 120 valence electrons. The number of hydrogen-bond donors (Lipinski definition) is 0. The van der Waals surface area contributed by atoms with E-state index in [2.05, 4.69) is 20.9 Å². The van der Waals surface area contributed by atoms with Crippen molar-refractivity contribution in [1.82, 2.24) is 9.38 Å². The van der Waals surface area contributed by atoms with Gasteiger partial charge in [0.15, 0.2) is 5.78 Å².